The summed E-state index contributed by atoms with van der Waals surface area (Å²) in [6, 6.07) is 15.1. The van der Waals surface area contributed by atoms with Gasteiger partial charge >= 0.3 is 0 Å². The van der Waals surface area contributed by atoms with Crippen molar-refractivity contribution in [2.75, 3.05) is 11.1 Å². The molecule has 0 bridgehead atoms. The molecule has 17 heavy (non-hydrogen) atoms. The topological polar surface area (TPSA) is 55.1 Å². The molecule has 0 atom stereocenters. The number of rotatable bonds is 4. The summed E-state index contributed by atoms with van der Waals surface area (Å²) in [5.74, 6) is 0. The van der Waals surface area contributed by atoms with Crippen molar-refractivity contribution in [3.63, 3.8) is 0 Å². The molecule has 2 rings (SSSR count). The third-order valence-corrected chi connectivity index (χ3v) is 2.61. The zero-order valence-electron chi connectivity index (χ0n) is 9.39. The molecule has 2 aromatic rings. The summed E-state index contributed by atoms with van der Waals surface area (Å²) in [5, 5.41) is 3.21. The van der Waals surface area contributed by atoms with Gasteiger partial charge < -0.3 is 11.1 Å². The third-order valence-electron chi connectivity index (χ3n) is 2.61. The van der Waals surface area contributed by atoms with Crippen LogP contribution in [0.4, 0.5) is 11.4 Å². The van der Waals surface area contributed by atoms with Crippen LogP contribution in [0.5, 0.6) is 0 Å². The summed E-state index contributed by atoms with van der Waals surface area (Å²) in [5.41, 5.74) is 9.10. The first kappa shape index (κ1) is 11.2. The van der Waals surface area contributed by atoms with E-state index in [2.05, 4.69) is 5.32 Å². The summed E-state index contributed by atoms with van der Waals surface area (Å²) in [6.45, 7) is 0.609. The zero-order chi connectivity index (χ0) is 12.1. The smallest absolute Gasteiger partial charge is 0.152 e. The largest absolute Gasteiger partial charge is 0.398 e. The highest BCUT2D eigenvalue weighted by Crippen LogP contribution is 2.16. The Kier molecular flexibility index (Phi) is 3.40. The zero-order valence-corrected chi connectivity index (χ0v) is 9.39. The van der Waals surface area contributed by atoms with Gasteiger partial charge in [-0.3, -0.25) is 4.79 Å². The van der Waals surface area contributed by atoms with Gasteiger partial charge in [0.25, 0.3) is 0 Å². The summed E-state index contributed by atoms with van der Waals surface area (Å²) < 4.78 is 0. The number of para-hydroxylation sites is 2. The van der Waals surface area contributed by atoms with E-state index in [4.69, 9.17) is 5.73 Å². The van der Waals surface area contributed by atoms with Crippen molar-refractivity contribution in [2.45, 2.75) is 6.54 Å². The number of nitrogens with one attached hydrogen (secondary N) is 1. The minimum Gasteiger partial charge on any atom is -0.398 e. The van der Waals surface area contributed by atoms with Crippen LogP contribution in [0.1, 0.15) is 15.9 Å². The fourth-order valence-corrected chi connectivity index (χ4v) is 1.65. The van der Waals surface area contributed by atoms with E-state index in [9.17, 15) is 4.79 Å². The molecule has 0 radical (unpaired) electrons. The first-order chi connectivity index (χ1) is 8.31. The Bertz CT molecular complexity index is 523. The van der Waals surface area contributed by atoms with Gasteiger partial charge in [0.15, 0.2) is 6.29 Å². The maximum absolute atomic E-state index is 10.8. The summed E-state index contributed by atoms with van der Waals surface area (Å²) in [6.07, 6.45) is 0.844. The number of benzene rings is 2. The number of hydrogen-bond donors (Lipinski definition) is 2. The predicted molar refractivity (Wildman–Crippen MR) is 70.0 cm³/mol. The fraction of sp³-hybridized carbons (Fsp3) is 0.0714. The van der Waals surface area contributed by atoms with Crippen LogP contribution < -0.4 is 11.1 Å². The van der Waals surface area contributed by atoms with Crippen LogP contribution in [0.3, 0.4) is 0 Å². The Morgan fingerprint density at radius 1 is 1.06 bits per heavy atom. The number of nitrogen functional groups attached to an aromatic ring is 1. The Balaban J connectivity index is 2.13. The summed E-state index contributed by atoms with van der Waals surface area (Å²) in [7, 11) is 0. The average molecular weight is 226 g/mol. The lowest BCUT2D eigenvalue weighted by Crippen LogP contribution is -2.04. The monoisotopic (exact) mass is 226 g/mol. The second kappa shape index (κ2) is 5.16. The molecule has 0 heterocycles. The molecular formula is C14H14N2O. The van der Waals surface area contributed by atoms with E-state index in [-0.39, 0.29) is 0 Å². The van der Waals surface area contributed by atoms with E-state index in [1.807, 2.05) is 42.5 Å². The summed E-state index contributed by atoms with van der Waals surface area (Å²) >= 11 is 0. The molecule has 0 saturated carbocycles. The van der Waals surface area contributed by atoms with Gasteiger partial charge in [0.2, 0.25) is 0 Å². The van der Waals surface area contributed by atoms with E-state index in [0.717, 1.165) is 23.2 Å². The second-order valence-electron chi connectivity index (χ2n) is 3.76. The number of carbonyl (C=O) groups is 1. The molecule has 0 fully saturated rings. The van der Waals surface area contributed by atoms with E-state index < -0.39 is 0 Å². The SMILES string of the molecule is Nc1ccccc1CNc1ccccc1C=O. The molecule has 0 aliphatic heterocycles. The number of hydrogen-bond acceptors (Lipinski definition) is 3. The van der Waals surface area contributed by atoms with Crippen molar-refractivity contribution in [1.82, 2.24) is 0 Å². The summed E-state index contributed by atoms with van der Waals surface area (Å²) in [4.78, 5) is 10.8. The Hall–Kier alpha value is -2.29. The fourth-order valence-electron chi connectivity index (χ4n) is 1.65. The molecule has 86 valence electrons. The van der Waals surface area contributed by atoms with Crippen LogP contribution in [0, 0.1) is 0 Å². The first-order valence-corrected chi connectivity index (χ1v) is 5.42. The van der Waals surface area contributed by atoms with Gasteiger partial charge in [-0.05, 0) is 23.8 Å². The van der Waals surface area contributed by atoms with Crippen LogP contribution in [0.25, 0.3) is 0 Å². The van der Waals surface area contributed by atoms with Gasteiger partial charge in [0.05, 0.1) is 0 Å². The molecule has 0 saturated heterocycles. The molecular weight excluding hydrogens is 212 g/mol. The van der Waals surface area contributed by atoms with Gasteiger partial charge in [-0.1, -0.05) is 30.3 Å². The highest BCUT2D eigenvalue weighted by molar-refractivity contribution is 5.84. The molecule has 2 aromatic carbocycles. The third kappa shape index (κ3) is 2.64. The van der Waals surface area contributed by atoms with Gasteiger partial charge in [-0.15, -0.1) is 0 Å². The first-order valence-electron chi connectivity index (χ1n) is 5.42. The van der Waals surface area contributed by atoms with Gasteiger partial charge in [0.1, 0.15) is 0 Å². The molecule has 0 spiro atoms. The highest BCUT2D eigenvalue weighted by Gasteiger charge is 2.01. The number of nitrogens with two attached hydrogens (primary N) is 1. The van der Waals surface area contributed by atoms with Crippen molar-refractivity contribution in [3.05, 3.63) is 59.7 Å². The molecule has 3 N–H and O–H groups in total. The molecule has 0 aromatic heterocycles. The lowest BCUT2D eigenvalue weighted by Gasteiger charge is -2.10. The van der Waals surface area contributed by atoms with Crippen molar-refractivity contribution < 1.29 is 4.79 Å². The predicted octanol–water partition coefficient (Wildman–Crippen LogP) is 2.69. The van der Waals surface area contributed by atoms with Crippen LogP contribution in [-0.2, 0) is 6.54 Å². The van der Waals surface area contributed by atoms with E-state index in [0.29, 0.717) is 12.1 Å². The maximum Gasteiger partial charge on any atom is 0.152 e. The minimum atomic E-state index is 0.609. The number of anilines is 2. The molecule has 0 unspecified atom stereocenters. The van der Waals surface area contributed by atoms with Crippen molar-refractivity contribution in [3.8, 4) is 0 Å². The van der Waals surface area contributed by atoms with Crippen LogP contribution in [0.2, 0.25) is 0 Å². The maximum atomic E-state index is 10.8. The van der Waals surface area contributed by atoms with E-state index in [1.54, 1.807) is 6.07 Å². The Morgan fingerprint density at radius 3 is 2.53 bits per heavy atom. The molecule has 0 aliphatic carbocycles. The van der Waals surface area contributed by atoms with Gasteiger partial charge in [0, 0.05) is 23.5 Å². The van der Waals surface area contributed by atoms with Crippen molar-refractivity contribution in [1.29, 1.82) is 0 Å². The normalized spacial score (nSPS) is 9.88. The standard InChI is InChI=1S/C14H14N2O/c15-13-7-3-1-5-11(13)9-16-14-8-4-2-6-12(14)10-17/h1-8,10,16H,9,15H2. The van der Waals surface area contributed by atoms with Crippen LogP contribution in [0.15, 0.2) is 48.5 Å². The van der Waals surface area contributed by atoms with E-state index >= 15 is 0 Å². The molecule has 3 heteroatoms. The van der Waals surface area contributed by atoms with Crippen molar-refractivity contribution in [2.24, 2.45) is 0 Å². The Labute approximate surface area is 100 Å². The number of aldehydes is 1. The lowest BCUT2D eigenvalue weighted by atomic mass is 10.1. The van der Waals surface area contributed by atoms with E-state index in [1.165, 1.54) is 0 Å². The Morgan fingerprint density at radius 2 is 1.76 bits per heavy atom. The van der Waals surface area contributed by atoms with Crippen molar-refractivity contribution >= 4 is 17.7 Å². The molecule has 0 amide bonds. The average Bonchev–Trinajstić information content (AvgIpc) is 2.38. The second-order valence-corrected chi connectivity index (χ2v) is 3.76. The van der Waals surface area contributed by atoms with Gasteiger partial charge in [-0.25, -0.2) is 0 Å². The quantitative estimate of drug-likeness (QED) is 0.622. The number of carbonyl (C=O) groups excluding carboxylic acids is 1. The minimum absolute atomic E-state index is 0.609. The molecule has 0 aliphatic rings. The highest BCUT2D eigenvalue weighted by atomic mass is 16.1. The van der Waals surface area contributed by atoms with Crippen LogP contribution in [-0.4, -0.2) is 6.29 Å². The van der Waals surface area contributed by atoms with Gasteiger partial charge in [-0.2, -0.15) is 0 Å². The molecule has 3 nitrogen and oxygen atoms in total. The van der Waals surface area contributed by atoms with Crippen LogP contribution >= 0.6 is 0 Å². The lowest BCUT2D eigenvalue weighted by molar-refractivity contribution is 0.112.